The molecule has 72 valence electrons. The van der Waals surface area contributed by atoms with Gasteiger partial charge >= 0.3 is 0 Å². The molecule has 0 atom stereocenters. The summed E-state index contributed by atoms with van der Waals surface area (Å²) in [5.41, 5.74) is 0.205. The monoisotopic (exact) mass is 202 g/mol. The molecule has 0 heterocycles. The lowest BCUT2D eigenvalue weighted by Crippen LogP contribution is -2.13. The van der Waals surface area contributed by atoms with Crippen LogP contribution < -0.4 is 0 Å². The second-order valence-corrected chi connectivity index (χ2v) is 4.39. The van der Waals surface area contributed by atoms with Crippen molar-refractivity contribution in [3.8, 4) is 5.75 Å². The third kappa shape index (κ3) is 1.94. The zero-order valence-electron chi connectivity index (χ0n) is 7.86. The van der Waals surface area contributed by atoms with Crippen molar-refractivity contribution in [1.29, 1.82) is 0 Å². The Morgan fingerprint density at radius 1 is 1.31 bits per heavy atom. The van der Waals surface area contributed by atoms with E-state index in [-0.39, 0.29) is 16.2 Å². The summed E-state index contributed by atoms with van der Waals surface area (Å²) in [6, 6.07) is 2.96. The van der Waals surface area contributed by atoms with Crippen LogP contribution in [0.4, 0.5) is 4.39 Å². The van der Waals surface area contributed by atoms with Crippen LogP contribution in [0.3, 0.4) is 0 Å². The minimum absolute atomic E-state index is 0.201. The minimum Gasteiger partial charge on any atom is -0.506 e. The predicted molar refractivity (Wildman–Crippen MR) is 51.8 cm³/mol. The largest absolute Gasteiger partial charge is 0.506 e. The maximum atomic E-state index is 13.5. The second kappa shape index (κ2) is 3.18. The van der Waals surface area contributed by atoms with Crippen LogP contribution in [0.5, 0.6) is 5.75 Å². The van der Waals surface area contributed by atoms with Crippen LogP contribution in [0.25, 0.3) is 0 Å². The van der Waals surface area contributed by atoms with Gasteiger partial charge in [-0.25, -0.2) is 4.39 Å². The lowest BCUT2D eigenvalue weighted by Gasteiger charge is -2.20. The fourth-order valence-electron chi connectivity index (χ4n) is 1.12. The summed E-state index contributed by atoms with van der Waals surface area (Å²) in [7, 11) is 0. The Morgan fingerprint density at radius 2 is 1.85 bits per heavy atom. The van der Waals surface area contributed by atoms with Gasteiger partial charge < -0.3 is 5.11 Å². The molecule has 0 aliphatic heterocycles. The second-order valence-electron chi connectivity index (χ2n) is 4.01. The van der Waals surface area contributed by atoms with Gasteiger partial charge in [0.1, 0.15) is 16.6 Å². The Kier molecular flexibility index (Phi) is 2.53. The third-order valence-electron chi connectivity index (χ3n) is 1.87. The molecule has 0 fully saturated rings. The Bertz CT molecular complexity index is 328. The smallest absolute Gasteiger partial charge is 0.149 e. The maximum absolute atomic E-state index is 13.5. The van der Waals surface area contributed by atoms with Gasteiger partial charge in [-0.3, -0.25) is 0 Å². The number of hydrogen-bond acceptors (Lipinski definition) is 1. The van der Waals surface area contributed by atoms with Gasteiger partial charge in [0, 0.05) is 0 Å². The number of benzene rings is 1. The average molecular weight is 203 g/mol. The Labute approximate surface area is 82.2 Å². The average Bonchev–Trinajstić information content (AvgIpc) is 1.98. The molecular formula is C10H12ClFO. The van der Waals surface area contributed by atoms with Gasteiger partial charge in [-0.1, -0.05) is 38.4 Å². The van der Waals surface area contributed by atoms with Crippen LogP contribution >= 0.6 is 11.6 Å². The molecule has 0 aliphatic carbocycles. The van der Waals surface area contributed by atoms with E-state index in [1.54, 1.807) is 6.07 Å². The number of aromatic hydroxyl groups is 1. The highest BCUT2D eigenvalue weighted by molar-refractivity contribution is 6.32. The van der Waals surface area contributed by atoms with E-state index in [1.807, 2.05) is 20.8 Å². The zero-order chi connectivity index (χ0) is 10.2. The fraction of sp³-hybridized carbons (Fsp3) is 0.400. The van der Waals surface area contributed by atoms with Gasteiger partial charge in [0.2, 0.25) is 0 Å². The molecule has 0 unspecified atom stereocenters. The molecule has 0 amide bonds. The highest BCUT2D eigenvalue weighted by atomic mass is 35.5. The molecule has 0 saturated carbocycles. The summed E-state index contributed by atoms with van der Waals surface area (Å²) in [6.07, 6.45) is 0. The molecule has 1 aromatic rings. The first kappa shape index (κ1) is 10.3. The molecule has 0 radical (unpaired) electrons. The lowest BCUT2D eigenvalue weighted by atomic mass is 9.86. The molecule has 1 rings (SSSR count). The van der Waals surface area contributed by atoms with Gasteiger partial charge in [0.15, 0.2) is 0 Å². The van der Waals surface area contributed by atoms with Crippen LogP contribution in [0.2, 0.25) is 5.02 Å². The molecule has 0 aliphatic rings. The standard InChI is InChI=1S/C10H12ClFO/c1-10(2,3)6-4-5-7(13)8(11)9(6)12/h4-5,13H,1-3H3. The van der Waals surface area contributed by atoms with Crippen molar-refractivity contribution in [2.45, 2.75) is 26.2 Å². The molecule has 13 heavy (non-hydrogen) atoms. The van der Waals surface area contributed by atoms with Gasteiger partial charge in [-0.2, -0.15) is 0 Å². The molecule has 0 bridgehead atoms. The number of phenolic OH excluding ortho intramolecular Hbond substituents is 1. The van der Waals surface area contributed by atoms with Crippen LogP contribution in [-0.4, -0.2) is 5.11 Å². The summed E-state index contributed by atoms with van der Waals surface area (Å²) in [5, 5.41) is 8.92. The number of hydrogen-bond donors (Lipinski definition) is 1. The Balaban J connectivity index is 3.35. The van der Waals surface area contributed by atoms with Crippen LogP contribution in [0, 0.1) is 5.82 Å². The van der Waals surface area contributed by atoms with Crippen LogP contribution in [0.15, 0.2) is 12.1 Å². The van der Waals surface area contributed by atoms with E-state index in [9.17, 15) is 4.39 Å². The van der Waals surface area contributed by atoms with E-state index in [2.05, 4.69) is 0 Å². The van der Waals surface area contributed by atoms with Crippen LogP contribution in [0.1, 0.15) is 26.3 Å². The van der Waals surface area contributed by atoms with Gasteiger partial charge in [0.05, 0.1) is 0 Å². The summed E-state index contributed by atoms with van der Waals surface area (Å²) in [6.45, 7) is 5.66. The fourth-order valence-corrected chi connectivity index (χ4v) is 1.28. The van der Waals surface area contributed by atoms with Crippen molar-refractivity contribution in [3.63, 3.8) is 0 Å². The highest BCUT2D eigenvalue weighted by Crippen LogP contribution is 2.33. The van der Waals surface area contributed by atoms with E-state index in [1.165, 1.54) is 6.07 Å². The molecule has 0 spiro atoms. The van der Waals surface area contributed by atoms with Crippen molar-refractivity contribution in [2.75, 3.05) is 0 Å². The summed E-state index contributed by atoms with van der Waals surface area (Å²) < 4.78 is 13.5. The van der Waals surface area contributed by atoms with Gasteiger partial charge in [-0.15, -0.1) is 0 Å². The molecular weight excluding hydrogens is 191 g/mol. The van der Waals surface area contributed by atoms with Crippen LogP contribution in [-0.2, 0) is 5.41 Å². The molecule has 1 N–H and O–H groups in total. The molecule has 0 aromatic heterocycles. The Morgan fingerprint density at radius 3 is 2.31 bits per heavy atom. The predicted octanol–water partition coefficient (Wildman–Crippen LogP) is 3.48. The summed E-state index contributed by atoms with van der Waals surface area (Å²) >= 11 is 5.56. The molecule has 1 nitrogen and oxygen atoms in total. The van der Waals surface area contributed by atoms with E-state index in [0.717, 1.165) is 0 Å². The normalized spacial score (nSPS) is 11.8. The summed E-state index contributed by atoms with van der Waals surface area (Å²) in [5.74, 6) is -0.749. The van der Waals surface area contributed by atoms with Crippen molar-refractivity contribution >= 4 is 11.6 Å². The van der Waals surface area contributed by atoms with E-state index in [0.29, 0.717) is 5.56 Å². The molecule has 3 heteroatoms. The van der Waals surface area contributed by atoms with Crippen molar-refractivity contribution in [3.05, 3.63) is 28.5 Å². The quantitative estimate of drug-likeness (QED) is 0.683. The van der Waals surface area contributed by atoms with Gasteiger partial charge in [0.25, 0.3) is 0 Å². The first-order chi connectivity index (χ1) is 5.84. The first-order valence-electron chi connectivity index (χ1n) is 4.01. The first-order valence-corrected chi connectivity index (χ1v) is 4.39. The maximum Gasteiger partial charge on any atom is 0.149 e. The summed E-state index contributed by atoms with van der Waals surface area (Å²) in [4.78, 5) is 0. The zero-order valence-corrected chi connectivity index (χ0v) is 8.61. The Hall–Kier alpha value is -0.760. The van der Waals surface area contributed by atoms with E-state index >= 15 is 0 Å². The van der Waals surface area contributed by atoms with Crippen molar-refractivity contribution in [1.82, 2.24) is 0 Å². The van der Waals surface area contributed by atoms with Gasteiger partial charge in [-0.05, 0) is 17.0 Å². The van der Waals surface area contributed by atoms with Crippen molar-refractivity contribution < 1.29 is 9.50 Å². The molecule has 0 saturated heterocycles. The topological polar surface area (TPSA) is 20.2 Å². The number of rotatable bonds is 0. The molecule has 1 aromatic carbocycles. The minimum atomic E-state index is -0.533. The van der Waals surface area contributed by atoms with E-state index < -0.39 is 5.82 Å². The highest BCUT2D eigenvalue weighted by Gasteiger charge is 2.21. The SMILES string of the molecule is CC(C)(C)c1ccc(O)c(Cl)c1F. The van der Waals surface area contributed by atoms with Crippen molar-refractivity contribution in [2.24, 2.45) is 0 Å². The third-order valence-corrected chi connectivity index (χ3v) is 2.23. The number of halogens is 2. The van der Waals surface area contributed by atoms with E-state index in [4.69, 9.17) is 16.7 Å². The number of phenols is 1. The lowest BCUT2D eigenvalue weighted by molar-refractivity contribution is 0.462.